The molecular formula is C18H23NO3. The van der Waals surface area contributed by atoms with E-state index in [1.807, 2.05) is 18.2 Å². The van der Waals surface area contributed by atoms with Gasteiger partial charge in [-0.25, -0.2) is 0 Å². The maximum atomic E-state index is 10.4. The molecule has 4 nitrogen and oxygen atoms in total. The second-order valence-electron chi connectivity index (χ2n) is 5.94. The summed E-state index contributed by atoms with van der Waals surface area (Å²) in [5.41, 5.74) is 1.26. The number of hydrogen-bond acceptors (Lipinski definition) is 4. The molecule has 1 saturated heterocycles. The largest absolute Gasteiger partial charge is 0.467 e. The lowest BCUT2D eigenvalue weighted by molar-refractivity contribution is 0.0797. The molecule has 0 bridgehead atoms. The number of aliphatic hydroxyl groups is 1. The molecule has 1 aliphatic heterocycles. The van der Waals surface area contributed by atoms with Gasteiger partial charge >= 0.3 is 0 Å². The topological polar surface area (TPSA) is 45.8 Å². The van der Waals surface area contributed by atoms with E-state index in [0.717, 1.165) is 32.7 Å². The van der Waals surface area contributed by atoms with Crippen molar-refractivity contribution in [2.24, 2.45) is 5.92 Å². The summed E-state index contributed by atoms with van der Waals surface area (Å²) in [7, 11) is 0. The summed E-state index contributed by atoms with van der Waals surface area (Å²) < 4.78 is 10.8. The van der Waals surface area contributed by atoms with Crippen LogP contribution < -0.4 is 0 Å². The van der Waals surface area contributed by atoms with E-state index in [4.69, 9.17) is 9.15 Å². The summed E-state index contributed by atoms with van der Waals surface area (Å²) in [6.45, 7) is 4.01. The molecule has 1 aromatic heterocycles. The second kappa shape index (κ2) is 7.58. The van der Waals surface area contributed by atoms with Crippen molar-refractivity contribution >= 4 is 0 Å². The first-order valence-electron chi connectivity index (χ1n) is 7.87. The minimum absolute atomic E-state index is 0.549. The van der Waals surface area contributed by atoms with E-state index < -0.39 is 6.10 Å². The predicted molar refractivity (Wildman–Crippen MR) is 84.3 cm³/mol. The van der Waals surface area contributed by atoms with Gasteiger partial charge in [0.25, 0.3) is 0 Å². The molecule has 4 heteroatoms. The average Bonchev–Trinajstić information content (AvgIpc) is 3.21. The van der Waals surface area contributed by atoms with Crippen molar-refractivity contribution in [1.29, 1.82) is 0 Å². The van der Waals surface area contributed by atoms with Crippen LogP contribution in [0.25, 0.3) is 0 Å². The Morgan fingerprint density at radius 3 is 2.73 bits per heavy atom. The lowest BCUT2D eigenvalue weighted by Gasteiger charge is -2.26. The first kappa shape index (κ1) is 15.3. The van der Waals surface area contributed by atoms with E-state index in [2.05, 4.69) is 29.2 Å². The summed E-state index contributed by atoms with van der Waals surface area (Å²) >= 11 is 0. The van der Waals surface area contributed by atoms with E-state index in [1.165, 1.54) is 5.56 Å². The number of hydrogen-bond donors (Lipinski definition) is 1. The zero-order valence-corrected chi connectivity index (χ0v) is 12.7. The van der Waals surface area contributed by atoms with Gasteiger partial charge in [-0.15, -0.1) is 0 Å². The maximum absolute atomic E-state index is 10.4. The van der Waals surface area contributed by atoms with Crippen LogP contribution in [0.5, 0.6) is 0 Å². The van der Waals surface area contributed by atoms with Gasteiger partial charge in [0.2, 0.25) is 0 Å². The second-order valence-corrected chi connectivity index (χ2v) is 5.94. The molecule has 0 unspecified atom stereocenters. The van der Waals surface area contributed by atoms with Gasteiger partial charge < -0.3 is 14.3 Å². The van der Waals surface area contributed by atoms with Crippen molar-refractivity contribution in [1.82, 2.24) is 4.90 Å². The van der Waals surface area contributed by atoms with E-state index in [1.54, 1.807) is 6.26 Å². The number of aliphatic hydroxyl groups excluding tert-OH is 1. The summed E-state index contributed by atoms with van der Waals surface area (Å²) in [6, 6.07) is 14.0. The third-order valence-corrected chi connectivity index (χ3v) is 4.09. The molecule has 3 rings (SSSR count). The Labute approximate surface area is 131 Å². The Hall–Kier alpha value is -1.62. The molecule has 1 aliphatic rings. The van der Waals surface area contributed by atoms with Crippen molar-refractivity contribution in [3.63, 3.8) is 0 Å². The molecule has 2 atom stereocenters. The summed E-state index contributed by atoms with van der Waals surface area (Å²) in [5.74, 6) is 1.17. The normalized spacial score (nSPS) is 19.6. The average molecular weight is 301 g/mol. The zero-order chi connectivity index (χ0) is 15.2. The Morgan fingerprint density at radius 1 is 1.18 bits per heavy atom. The van der Waals surface area contributed by atoms with Crippen LogP contribution >= 0.6 is 0 Å². The minimum Gasteiger partial charge on any atom is -0.467 e. The fraction of sp³-hybridized carbons (Fsp3) is 0.444. The molecule has 0 spiro atoms. The quantitative estimate of drug-likeness (QED) is 0.854. The Kier molecular flexibility index (Phi) is 5.27. The molecule has 0 amide bonds. The molecule has 1 N–H and O–H groups in total. The molecule has 2 heterocycles. The van der Waals surface area contributed by atoms with Gasteiger partial charge in [-0.2, -0.15) is 0 Å². The minimum atomic E-state index is -0.596. The SMILES string of the molecule is O[C@H](CN(Cc1ccccc1)C[C@H]1CCOC1)c1ccco1. The van der Waals surface area contributed by atoms with Crippen LogP contribution in [-0.4, -0.2) is 36.3 Å². The molecule has 0 saturated carbocycles. The molecule has 1 aromatic carbocycles. The number of nitrogens with zero attached hydrogens (tertiary/aromatic N) is 1. The lowest BCUT2D eigenvalue weighted by atomic mass is 10.1. The fourth-order valence-electron chi connectivity index (χ4n) is 2.95. The van der Waals surface area contributed by atoms with Crippen LogP contribution in [0.2, 0.25) is 0 Å². The van der Waals surface area contributed by atoms with Crippen LogP contribution in [0.3, 0.4) is 0 Å². The lowest BCUT2D eigenvalue weighted by Crippen LogP contribution is -2.33. The van der Waals surface area contributed by atoms with Crippen molar-refractivity contribution in [3.8, 4) is 0 Å². The first-order chi connectivity index (χ1) is 10.8. The van der Waals surface area contributed by atoms with Crippen LogP contribution in [-0.2, 0) is 11.3 Å². The van der Waals surface area contributed by atoms with Gasteiger partial charge in [0.05, 0.1) is 12.9 Å². The van der Waals surface area contributed by atoms with Crippen molar-refractivity contribution in [2.45, 2.75) is 19.1 Å². The van der Waals surface area contributed by atoms with Gasteiger partial charge in [-0.3, -0.25) is 4.90 Å². The monoisotopic (exact) mass is 301 g/mol. The Balaban J connectivity index is 1.64. The molecular weight excluding hydrogens is 278 g/mol. The molecule has 118 valence electrons. The van der Waals surface area contributed by atoms with Crippen molar-refractivity contribution < 1.29 is 14.3 Å². The van der Waals surface area contributed by atoms with E-state index in [9.17, 15) is 5.11 Å². The molecule has 1 fully saturated rings. The van der Waals surface area contributed by atoms with E-state index in [0.29, 0.717) is 18.2 Å². The highest BCUT2D eigenvalue weighted by Gasteiger charge is 2.22. The van der Waals surface area contributed by atoms with E-state index in [-0.39, 0.29) is 0 Å². The molecule has 22 heavy (non-hydrogen) atoms. The highest BCUT2D eigenvalue weighted by molar-refractivity contribution is 5.14. The van der Waals surface area contributed by atoms with Crippen molar-refractivity contribution in [2.75, 3.05) is 26.3 Å². The number of ether oxygens (including phenoxy) is 1. The summed E-state index contributed by atoms with van der Waals surface area (Å²) in [6.07, 6.45) is 2.11. The number of benzene rings is 1. The highest BCUT2D eigenvalue weighted by Crippen LogP contribution is 2.20. The first-order valence-corrected chi connectivity index (χ1v) is 7.87. The maximum Gasteiger partial charge on any atom is 0.133 e. The van der Waals surface area contributed by atoms with Gasteiger partial charge in [0.15, 0.2) is 0 Å². The predicted octanol–water partition coefficient (Wildman–Crippen LogP) is 2.85. The third kappa shape index (κ3) is 4.19. The highest BCUT2D eigenvalue weighted by atomic mass is 16.5. The van der Waals surface area contributed by atoms with Crippen LogP contribution in [0.4, 0.5) is 0 Å². The van der Waals surface area contributed by atoms with E-state index >= 15 is 0 Å². The third-order valence-electron chi connectivity index (χ3n) is 4.09. The molecule has 0 aliphatic carbocycles. The Bertz CT molecular complexity index is 535. The molecule has 0 radical (unpaired) electrons. The smallest absolute Gasteiger partial charge is 0.133 e. The number of furan rings is 1. The zero-order valence-electron chi connectivity index (χ0n) is 12.7. The van der Waals surface area contributed by atoms with Crippen LogP contribution in [0.1, 0.15) is 23.8 Å². The van der Waals surface area contributed by atoms with Gasteiger partial charge in [-0.05, 0) is 30.0 Å². The van der Waals surface area contributed by atoms with Crippen LogP contribution in [0, 0.1) is 5.92 Å². The van der Waals surface area contributed by atoms with Gasteiger partial charge in [0, 0.05) is 26.2 Å². The van der Waals surface area contributed by atoms with Crippen LogP contribution in [0.15, 0.2) is 53.1 Å². The number of rotatable bonds is 7. The summed E-state index contributed by atoms with van der Waals surface area (Å²) in [5, 5.41) is 10.4. The fourth-order valence-corrected chi connectivity index (χ4v) is 2.95. The van der Waals surface area contributed by atoms with Gasteiger partial charge in [-0.1, -0.05) is 30.3 Å². The van der Waals surface area contributed by atoms with Crippen molar-refractivity contribution in [3.05, 3.63) is 60.1 Å². The summed E-state index contributed by atoms with van der Waals surface area (Å²) in [4.78, 5) is 2.29. The standard InChI is InChI=1S/C18H23NO3/c20-17(18-7-4-9-22-18)13-19(12-16-8-10-21-14-16)11-15-5-2-1-3-6-15/h1-7,9,16-17,20H,8,10-14H2/t16-,17-/m1/s1. The van der Waals surface area contributed by atoms with Gasteiger partial charge in [0.1, 0.15) is 11.9 Å². The molecule has 2 aromatic rings. The Morgan fingerprint density at radius 2 is 2.05 bits per heavy atom.